The van der Waals surface area contributed by atoms with E-state index in [4.69, 9.17) is 15.9 Å². The SMILES string of the molecule is CCOC(=O)N[C@H](CC(C)(C)C)C(=O)N1CCC[C@H]1C(=O)NCC1CCC(C(=N)N)CC1.Cl. The van der Waals surface area contributed by atoms with Gasteiger partial charge in [-0.25, -0.2) is 4.79 Å². The van der Waals surface area contributed by atoms with Gasteiger partial charge in [0.25, 0.3) is 0 Å². The zero-order valence-corrected chi connectivity index (χ0v) is 21.3. The number of carbonyl (C=O) groups is 3. The van der Waals surface area contributed by atoms with Crippen LogP contribution in [0, 0.1) is 22.7 Å². The number of alkyl carbamates (subject to hydrolysis) is 1. The first kappa shape index (κ1) is 29.0. The lowest BCUT2D eigenvalue weighted by Crippen LogP contribution is -2.54. The van der Waals surface area contributed by atoms with Gasteiger partial charge < -0.3 is 26.0 Å². The molecule has 0 aromatic rings. The molecule has 1 saturated carbocycles. The average Bonchev–Trinajstić information content (AvgIpc) is 3.20. The highest BCUT2D eigenvalue weighted by molar-refractivity contribution is 5.92. The molecule has 3 amide bonds. The molecule has 1 saturated heterocycles. The summed E-state index contributed by atoms with van der Waals surface area (Å²) in [5.41, 5.74) is 5.43. The molecule has 0 bridgehead atoms. The smallest absolute Gasteiger partial charge is 0.407 e. The summed E-state index contributed by atoms with van der Waals surface area (Å²) in [6, 6.07) is -1.24. The molecule has 2 atom stereocenters. The Hall–Kier alpha value is -2.03. The molecule has 0 spiro atoms. The highest BCUT2D eigenvalue weighted by atomic mass is 35.5. The van der Waals surface area contributed by atoms with E-state index >= 15 is 0 Å². The summed E-state index contributed by atoms with van der Waals surface area (Å²) in [5, 5.41) is 13.3. The van der Waals surface area contributed by atoms with Gasteiger partial charge in [0.1, 0.15) is 12.1 Å². The van der Waals surface area contributed by atoms with E-state index in [9.17, 15) is 14.4 Å². The van der Waals surface area contributed by atoms with Gasteiger partial charge in [-0.1, -0.05) is 20.8 Å². The van der Waals surface area contributed by atoms with Gasteiger partial charge in [0, 0.05) is 19.0 Å². The topological polar surface area (TPSA) is 138 Å². The number of nitrogens with one attached hydrogen (secondary N) is 3. The van der Waals surface area contributed by atoms with Gasteiger partial charge in [-0.2, -0.15) is 0 Å². The van der Waals surface area contributed by atoms with Gasteiger partial charge in [0.2, 0.25) is 11.8 Å². The number of likely N-dealkylation sites (tertiary alicyclic amines) is 1. The second-order valence-electron chi connectivity index (χ2n) is 10.3. The molecule has 1 aliphatic heterocycles. The van der Waals surface area contributed by atoms with E-state index in [-0.39, 0.29) is 48.0 Å². The lowest BCUT2D eigenvalue weighted by atomic mass is 9.81. The van der Waals surface area contributed by atoms with Crippen LogP contribution in [0.3, 0.4) is 0 Å². The van der Waals surface area contributed by atoms with Crippen LogP contribution in [0.15, 0.2) is 0 Å². The molecular formula is C23H42ClN5O4. The Morgan fingerprint density at radius 3 is 2.33 bits per heavy atom. The van der Waals surface area contributed by atoms with Crippen LogP contribution in [0.25, 0.3) is 0 Å². The molecule has 2 fully saturated rings. The molecule has 9 nitrogen and oxygen atoms in total. The fourth-order valence-electron chi connectivity index (χ4n) is 4.67. The zero-order chi connectivity index (χ0) is 23.9. The summed E-state index contributed by atoms with van der Waals surface area (Å²) in [6.07, 6.45) is 4.87. The largest absolute Gasteiger partial charge is 0.450 e. The van der Waals surface area contributed by atoms with Crippen molar-refractivity contribution in [2.75, 3.05) is 19.7 Å². The maximum Gasteiger partial charge on any atom is 0.407 e. The number of hydrogen-bond acceptors (Lipinski definition) is 5. The third-order valence-electron chi connectivity index (χ3n) is 6.37. The van der Waals surface area contributed by atoms with Crippen LogP contribution in [0.5, 0.6) is 0 Å². The Kier molecular flexibility index (Phi) is 11.4. The van der Waals surface area contributed by atoms with Crippen LogP contribution in [0.1, 0.15) is 72.6 Å². The Labute approximate surface area is 203 Å². The quantitative estimate of drug-likeness (QED) is 0.308. The van der Waals surface area contributed by atoms with Gasteiger partial charge >= 0.3 is 6.09 Å². The maximum absolute atomic E-state index is 13.3. The third-order valence-corrected chi connectivity index (χ3v) is 6.37. The van der Waals surface area contributed by atoms with Crippen molar-refractivity contribution in [3.63, 3.8) is 0 Å². The van der Waals surface area contributed by atoms with Gasteiger partial charge in [-0.05, 0) is 63.2 Å². The number of carbonyl (C=O) groups excluding carboxylic acids is 3. The molecule has 0 aromatic heterocycles. The summed E-state index contributed by atoms with van der Waals surface area (Å²) < 4.78 is 4.98. The van der Waals surface area contributed by atoms with E-state index in [1.54, 1.807) is 11.8 Å². The van der Waals surface area contributed by atoms with Crippen molar-refractivity contribution in [1.82, 2.24) is 15.5 Å². The van der Waals surface area contributed by atoms with Gasteiger partial charge in [0.15, 0.2) is 0 Å². The minimum Gasteiger partial charge on any atom is -0.450 e. The number of amidine groups is 1. The van der Waals surface area contributed by atoms with E-state index < -0.39 is 18.2 Å². The van der Waals surface area contributed by atoms with Crippen molar-refractivity contribution in [3.05, 3.63) is 0 Å². The van der Waals surface area contributed by atoms with Crippen molar-refractivity contribution in [2.24, 2.45) is 23.0 Å². The van der Waals surface area contributed by atoms with E-state index in [1.807, 2.05) is 20.8 Å². The molecule has 1 heterocycles. The number of hydrogen-bond donors (Lipinski definition) is 4. The fourth-order valence-corrected chi connectivity index (χ4v) is 4.67. The van der Waals surface area contributed by atoms with Crippen LogP contribution in [-0.4, -0.2) is 60.4 Å². The summed E-state index contributed by atoms with van der Waals surface area (Å²) >= 11 is 0. The summed E-state index contributed by atoms with van der Waals surface area (Å²) in [4.78, 5) is 39.9. The van der Waals surface area contributed by atoms with Gasteiger partial charge in [-0.3, -0.25) is 15.0 Å². The van der Waals surface area contributed by atoms with Gasteiger partial charge in [0.05, 0.1) is 12.4 Å². The summed E-state index contributed by atoms with van der Waals surface area (Å²) in [7, 11) is 0. The first-order chi connectivity index (χ1) is 15.0. The van der Waals surface area contributed by atoms with E-state index in [2.05, 4.69) is 10.6 Å². The molecule has 33 heavy (non-hydrogen) atoms. The van der Waals surface area contributed by atoms with Crippen LogP contribution in [-0.2, 0) is 14.3 Å². The highest BCUT2D eigenvalue weighted by Crippen LogP contribution is 2.29. The maximum atomic E-state index is 13.3. The first-order valence-electron chi connectivity index (χ1n) is 11.9. The summed E-state index contributed by atoms with van der Waals surface area (Å²) in [6.45, 7) is 9.05. The second kappa shape index (κ2) is 13.0. The molecule has 0 aromatic carbocycles. The van der Waals surface area contributed by atoms with E-state index in [0.29, 0.717) is 31.8 Å². The predicted molar refractivity (Wildman–Crippen MR) is 130 cm³/mol. The Balaban J connectivity index is 0.00000544. The second-order valence-corrected chi connectivity index (χ2v) is 10.3. The first-order valence-corrected chi connectivity index (χ1v) is 11.9. The summed E-state index contributed by atoms with van der Waals surface area (Å²) in [5.74, 6) is 0.437. The molecule has 1 aliphatic carbocycles. The third kappa shape index (κ3) is 9.02. The molecule has 190 valence electrons. The monoisotopic (exact) mass is 487 g/mol. The number of ether oxygens (including phenoxy) is 1. The number of nitrogens with two attached hydrogens (primary N) is 1. The Bertz CT molecular complexity index is 689. The average molecular weight is 488 g/mol. The van der Waals surface area contributed by atoms with Crippen LogP contribution in [0.2, 0.25) is 0 Å². The fraction of sp³-hybridized carbons (Fsp3) is 0.826. The number of rotatable bonds is 8. The Morgan fingerprint density at radius 2 is 1.79 bits per heavy atom. The molecule has 2 rings (SSSR count). The number of nitrogens with zero attached hydrogens (tertiary/aromatic N) is 1. The van der Waals surface area contributed by atoms with E-state index in [0.717, 1.165) is 32.1 Å². The van der Waals surface area contributed by atoms with Crippen molar-refractivity contribution in [3.8, 4) is 0 Å². The van der Waals surface area contributed by atoms with Gasteiger partial charge in [-0.15, -0.1) is 12.4 Å². The normalized spacial score (nSPS) is 23.8. The van der Waals surface area contributed by atoms with E-state index in [1.165, 1.54) is 0 Å². The predicted octanol–water partition coefficient (Wildman–Crippen LogP) is 2.81. The molecule has 2 aliphatic rings. The lowest BCUT2D eigenvalue weighted by Gasteiger charge is -2.32. The van der Waals surface area contributed by atoms with Crippen LogP contribution >= 0.6 is 12.4 Å². The molecule has 0 radical (unpaired) electrons. The molecule has 5 N–H and O–H groups in total. The molecular weight excluding hydrogens is 446 g/mol. The Morgan fingerprint density at radius 1 is 1.15 bits per heavy atom. The van der Waals surface area contributed by atoms with Crippen molar-refractivity contribution in [1.29, 1.82) is 5.41 Å². The standard InChI is InChI=1S/C23H41N5O4.ClH/c1-5-32-22(31)27-17(13-23(2,3)4)21(30)28-12-6-7-18(28)20(29)26-14-15-8-10-16(11-9-15)19(24)25;/h15-18H,5-14H2,1-4H3,(H3,24,25)(H,26,29)(H,27,31);1H/t15?,16?,17-,18+;/m1./s1. The molecule has 10 heteroatoms. The number of amides is 3. The van der Waals surface area contributed by atoms with Crippen LogP contribution in [0.4, 0.5) is 4.79 Å². The zero-order valence-electron chi connectivity index (χ0n) is 20.4. The minimum absolute atomic E-state index is 0. The van der Waals surface area contributed by atoms with Crippen molar-refractivity contribution < 1.29 is 19.1 Å². The number of halogens is 1. The van der Waals surface area contributed by atoms with Crippen molar-refractivity contribution in [2.45, 2.75) is 84.7 Å². The lowest BCUT2D eigenvalue weighted by molar-refractivity contribution is -0.140. The van der Waals surface area contributed by atoms with Crippen molar-refractivity contribution >= 4 is 36.2 Å². The van der Waals surface area contributed by atoms with Crippen LogP contribution < -0.4 is 16.4 Å². The minimum atomic E-state index is -0.732. The highest BCUT2D eigenvalue weighted by Gasteiger charge is 2.39. The molecule has 0 unspecified atom stereocenters.